The van der Waals surface area contributed by atoms with E-state index in [2.05, 4.69) is 10.3 Å². The number of carboxylic acids is 1. The van der Waals surface area contributed by atoms with Gasteiger partial charge in [-0.2, -0.15) is 0 Å². The van der Waals surface area contributed by atoms with E-state index in [1.807, 2.05) is 0 Å². The third-order valence-corrected chi connectivity index (χ3v) is 4.57. The summed E-state index contributed by atoms with van der Waals surface area (Å²) in [6, 6.07) is 6.23. The lowest BCUT2D eigenvalue weighted by Crippen LogP contribution is -2.43. The second-order valence-electron chi connectivity index (χ2n) is 6.45. The van der Waals surface area contributed by atoms with E-state index in [9.17, 15) is 24.6 Å². The number of aliphatic carboxylic acids is 1. The number of phenols is 1. The highest BCUT2D eigenvalue weighted by atomic mass is 16.4. The van der Waals surface area contributed by atoms with Crippen molar-refractivity contribution in [2.24, 2.45) is 0 Å². The van der Waals surface area contributed by atoms with Crippen LogP contribution in [0.5, 0.6) is 5.75 Å². The van der Waals surface area contributed by atoms with Gasteiger partial charge in [-0.3, -0.25) is 9.59 Å². The topological polar surface area (TPSA) is 119 Å². The number of aryl methyl sites for hydroxylation is 1. The number of carbonyl (C=O) groups excluding carboxylic acids is 1. The number of rotatable bonds is 5. The van der Waals surface area contributed by atoms with E-state index in [4.69, 9.17) is 0 Å². The maximum absolute atomic E-state index is 12.7. The Bertz CT molecular complexity index is 886. The number of pyridine rings is 1. The summed E-state index contributed by atoms with van der Waals surface area (Å²) in [4.78, 5) is 38.8. The molecule has 1 amide bonds. The lowest BCUT2D eigenvalue weighted by molar-refractivity contribution is -0.139. The van der Waals surface area contributed by atoms with Gasteiger partial charge in [0.05, 0.1) is 0 Å². The first kappa shape index (κ1) is 17.7. The minimum Gasteiger partial charge on any atom is -0.508 e. The standard InChI is InChI=1S/C19H20N2O5/c22-12-7-5-11(6-8-12)9-16(19(25)26)21-18(24)14-10-17(23)20-15-4-2-1-3-13(14)15/h5-8,10,16,22H,1-4,9H2,(H,20,23)(H,21,24)(H,25,26)/t16-/m0/s1. The zero-order valence-corrected chi connectivity index (χ0v) is 14.1. The van der Waals surface area contributed by atoms with Crippen LogP contribution in [0, 0.1) is 0 Å². The number of hydrogen-bond acceptors (Lipinski definition) is 4. The highest BCUT2D eigenvalue weighted by Gasteiger charge is 2.25. The number of carboxylic acid groups (broad SMARTS) is 1. The number of nitrogens with one attached hydrogen (secondary N) is 2. The summed E-state index contributed by atoms with van der Waals surface area (Å²) in [6.07, 6.45) is 3.35. The fraction of sp³-hybridized carbons (Fsp3) is 0.316. The number of carbonyl (C=O) groups is 2. The third kappa shape index (κ3) is 3.93. The number of phenolic OH excluding ortho intramolecular Hbond substituents is 1. The zero-order valence-electron chi connectivity index (χ0n) is 14.1. The predicted molar refractivity (Wildman–Crippen MR) is 94.4 cm³/mol. The van der Waals surface area contributed by atoms with Crippen molar-refractivity contribution in [3.63, 3.8) is 0 Å². The van der Waals surface area contributed by atoms with Crippen LogP contribution in [0.4, 0.5) is 0 Å². The summed E-state index contributed by atoms with van der Waals surface area (Å²) in [7, 11) is 0. The van der Waals surface area contributed by atoms with Crippen LogP contribution < -0.4 is 10.9 Å². The van der Waals surface area contributed by atoms with E-state index in [-0.39, 0.29) is 23.3 Å². The number of amides is 1. The Morgan fingerprint density at radius 1 is 1.15 bits per heavy atom. The fourth-order valence-corrected chi connectivity index (χ4v) is 3.25. The quantitative estimate of drug-likeness (QED) is 0.645. The molecule has 0 aliphatic heterocycles. The molecule has 1 atom stereocenters. The van der Waals surface area contributed by atoms with Crippen molar-refractivity contribution in [3.8, 4) is 5.75 Å². The Morgan fingerprint density at radius 2 is 1.85 bits per heavy atom. The largest absolute Gasteiger partial charge is 0.508 e. The molecule has 0 bridgehead atoms. The second-order valence-corrected chi connectivity index (χ2v) is 6.45. The maximum Gasteiger partial charge on any atom is 0.326 e. The molecule has 1 heterocycles. The van der Waals surface area contributed by atoms with Gasteiger partial charge in [0, 0.05) is 23.7 Å². The van der Waals surface area contributed by atoms with Crippen molar-refractivity contribution >= 4 is 11.9 Å². The Morgan fingerprint density at radius 3 is 2.54 bits per heavy atom. The Hall–Kier alpha value is -3.09. The Labute approximate surface area is 149 Å². The van der Waals surface area contributed by atoms with E-state index < -0.39 is 17.9 Å². The summed E-state index contributed by atoms with van der Waals surface area (Å²) in [5, 5.41) is 21.3. The summed E-state index contributed by atoms with van der Waals surface area (Å²) in [6.45, 7) is 0. The average molecular weight is 356 g/mol. The number of aromatic amines is 1. The van der Waals surface area contributed by atoms with Gasteiger partial charge in [0.1, 0.15) is 11.8 Å². The van der Waals surface area contributed by atoms with Gasteiger partial charge in [0.15, 0.2) is 0 Å². The third-order valence-electron chi connectivity index (χ3n) is 4.57. The van der Waals surface area contributed by atoms with Crippen molar-refractivity contribution in [2.75, 3.05) is 0 Å². The first-order chi connectivity index (χ1) is 12.4. The van der Waals surface area contributed by atoms with Crippen molar-refractivity contribution in [3.05, 3.63) is 63.1 Å². The molecule has 3 rings (SSSR count). The molecule has 7 nitrogen and oxygen atoms in total. The Balaban J connectivity index is 1.82. The zero-order chi connectivity index (χ0) is 18.7. The van der Waals surface area contributed by atoms with Crippen LogP contribution in [-0.2, 0) is 24.1 Å². The monoisotopic (exact) mass is 356 g/mol. The number of aromatic nitrogens is 1. The van der Waals surface area contributed by atoms with Gasteiger partial charge in [-0.05, 0) is 48.9 Å². The number of fused-ring (bicyclic) bond motifs is 1. The molecular weight excluding hydrogens is 336 g/mol. The van der Waals surface area contributed by atoms with Crippen LogP contribution in [0.25, 0.3) is 0 Å². The van der Waals surface area contributed by atoms with Gasteiger partial charge in [-0.25, -0.2) is 4.79 Å². The average Bonchev–Trinajstić information content (AvgIpc) is 2.62. The molecule has 2 aromatic rings. The number of benzene rings is 1. The summed E-state index contributed by atoms with van der Waals surface area (Å²) < 4.78 is 0. The molecule has 0 saturated heterocycles. The first-order valence-corrected chi connectivity index (χ1v) is 8.50. The van der Waals surface area contributed by atoms with E-state index in [1.165, 1.54) is 18.2 Å². The van der Waals surface area contributed by atoms with Gasteiger partial charge >= 0.3 is 5.97 Å². The van der Waals surface area contributed by atoms with Gasteiger partial charge in [-0.1, -0.05) is 12.1 Å². The molecule has 4 N–H and O–H groups in total. The van der Waals surface area contributed by atoms with Crippen LogP contribution in [0.15, 0.2) is 35.1 Å². The predicted octanol–water partition coefficient (Wildman–Crippen LogP) is 1.38. The summed E-state index contributed by atoms with van der Waals surface area (Å²) >= 11 is 0. The minimum atomic E-state index is -1.16. The molecule has 1 aromatic heterocycles. The molecule has 0 unspecified atom stereocenters. The molecule has 136 valence electrons. The first-order valence-electron chi connectivity index (χ1n) is 8.50. The van der Waals surface area contributed by atoms with Crippen molar-refractivity contribution in [1.82, 2.24) is 10.3 Å². The van der Waals surface area contributed by atoms with Crippen molar-refractivity contribution in [1.29, 1.82) is 0 Å². The van der Waals surface area contributed by atoms with E-state index in [0.29, 0.717) is 18.4 Å². The highest BCUT2D eigenvalue weighted by Crippen LogP contribution is 2.21. The van der Waals surface area contributed by atoms with Gasteiger partial charge in [-0.15, -0.1) is 0 Å². The summed E-state index contributed by atoms with van der Waals surface area (Å²) in [5.41, 5.74) is 2.12. The lowest BCUT2D eigenvalue weighted by atomic mass is 9.92. The molecule has 0 fully saturated rings. The van der Waals surface area contributed by atoms with Crippen LogP contribution in [-0.4, -0.2) is 33.1 Å². The van der Waals surface area contributed by atoms with Crippen molar-refractivity contribution < 1.29 is 19.8 Å². The van der Waals surface area contributed by atoms with Gasteiger partial charge in [0.2, 0.25) is 5.56 Å². The van der Waals surface area contributed by atoms with Crippen LogP contribution >= 0.6 is 0 Å². The van der Waals surface area contributed by atoms with E-state index in [1.54, 1.807) is 12.1 Å². The molecular formula is C19H20N2O5. The van der Waals surface area contributed by atoms with E-state index in [0.717, 1.165) is 24.1 Å². The molecule has 0 spiro atoms. The van der Waals surface area contributed by atoms with Crippen LogP contribution in [0.2, 0.25) is 0 Å². The molecule has 1 aliphatic carbocycles. The minimum absolute atomic E-state index is 0.0761. The SMILES string of the molecule is O=C(N[C@@H](Cc1ccc(O)cc1)C(=O)O)c1cc(=O)[nH]c2c1CCCC2. The lowest BCUT2D eigenvalue weighted by Gasteiger charge is -2.20. The highest BCUT2D eigenvalue weighted by molar-refractivity contribution is 5.98. The fourth-order valence-electron chi connectivity index (χ4n) is 3.25. The molecule has 26 heavy (non-hydrogen) atoms. The molecule has 7 heteroatoms. The molecule has 1 aliphatic rings. The molecule has 0 saturated carbocycles. The number of aromatic hydroxyl groups is 1. The van der Waals surface area contributed by atoms with Crippen LogP contribution in [0.3, 0.4) is 0 Å². The normalized spacial score (nSPS) is 14.3. The Kier molecular flexibility index (Phi) is 5.06. The number of hydrogen-bond donors (Lipinski definition) is 4. The number of H-pyrrole nitrogens is 1. The van der Waals surface area contributed by atoms with E-state index >= 15 is 0 Å². The summed E-state index contributed by atoms with van der Waals surface area (Å²) in [5.74, 6) is -1.63. The van der Waals surface area contributed by atoms with Gasteiger partial charge in [0.25, 0.3) is 5.91 Å². The second kappa shape index (κ2) is 7.43. The molecule has 1 aromatic carbocycles. The van der Waals surface area contributed by atoms with Gasteiger partial charge < -0.3 is 20.5 Å². The van der Waals surface area contributed by atoms with Crippen molar-refractivity contribution in [2.45, 2.75) is 38.1 Å². The smallest absolute Gasteiger partial charge is 0.326 e. The maximum atomic E-state index is 12.7. The van der Waals surface area contributed by atoms with Crippen LogP contribution in [0.1, 0.15) is 40.0 Å². The molecule has 0 radical (unpaired) electrons.